The lowest BCUT2D eigenvalue weighted by atomic mass is 10.1. The molecule has 88 valence electrons. The summed E-state index contributed by atoms with van der Waals surface area (Å²) in [6.07, 6.45) is 0.858. The highest BCUT2D eigenvalue weighted by atomic mass is 16.3. The molecule has 0 fully saturated rings. The molecule has 0 saturated heterocycles. The van der Waals surface area contributed by atoms with Gasteiger partial charge in [-0.2, -0.15) is 0 Å². The zero-order valence-corrected chi connectivity index (χ0v) is 9.97. The quantitative estimate of drug-likeness (QED) is 0.842. The maximum absolute atomic E-state index is 12.1. The van der Waals surface area contributed by atoms with E-state index in [1.807, 2.05) is 13.8 Å². The highest BCUT2D eigenvalue weighted by Gasteiger charge is 2.19. The molecule has 1 rings (SSSR count). The minimum absolute atomic E-state index is 0.0750. The predicted molar refractivity (Wildman–Crippen MR) is 62.1 cm³/mol. The van der Waals surface area contributed by atoms with Gasteiger partial charge in [-0.05, 0) is 32.9 Å². The molecule has 0 spiro atoms. The van der Waals surface area contributed by atoms with Crippen LogP contribution in [-0.4, -0.2) is 34.0 Å². The highest BCUT2D eigenvalue weighted by Crippen LogP contribution is 2.16. The Labute approximate surface area is 95.9 Å². The number of carbonyl (C=O) groups is 1. The third-order valence-corrected chi connectivity index (χ3v) is 2.52. The molecule has 4 nitrogen and oxygen atoms in total. The molecule has 0 aliphatic carbocycles. The highest BCUT2D eigenvalue weighted by molar-refractivity contribution is 5.95. The van der Waals surface area contributed by atoms with Crippen LogP contribution in [0.25, 0.3) is 0 Å². The number of aromatic nitrogens is 1. The summed E-state index contributed by atoms with van der Waals surface area (Å²) in [5.74, 6) is -0.0750. The molecule has 1 unspecified atom stereocenters. The van der Waals surface area contributed by atoms with Crippen molar-refractivity contribution >= 4 is 5.91 Å². The Morgan fingerprint density at radius 1 is 1.50 bits per heavy atom. The topological polar surface area (TPSA) is 53.4 Å². The van der Waals surface area contributed by atoms with Gasteiger partial charge in [-0.3, -0.25) is 9.78 Å². The number of aliphatic hydroxyl groups is 1. The van der Waals surface area contributed by atoms with E-state index in [0.717, 1.165) is 0 Å². The van der Waals surface area contributed by atoms with Crippen LogP contribution in [0.1, 0.15) is 42.9 Å². The molecular weight excluding hydrogens is 204 g/mol. The number of carbonyl (C=O) groups excluding carboxylic acids is 1. The van der Waals surface area contributed by atoms with E-state index < -0.39 is 6.10 Å². The van der Waals surface area contributed by atoms with Crippen LogP contribution in [0.15, 0.2) is 18.3 Å². The third-order valence-electron chi connectivity index (χ3n) is 2.52. The minimum atomic E-state index is -0.726. The number of hydrogen-bond donors (Lipinski definition) is 1. The number of aliphatic hydroxyl groups excluding tert-OH is 1. The number of hydrogen-bond acceptors (Lipinski definition) is 3. The van der Waals surface area contributed by atoms with Crippen molar-refractivity contribution in [2.45, 2.75) is 26.9 Å². The molecule has 1 N–H and O–H groups in total. The fraction of sp³-hybridized carbons (Fsp3) is 0.500. The average Bonchev–Trinajstić information content (AvgIpc) is 2.30. The fourth-order valence-electron chi connectivity index (χ4n) is 1.61. The summed E-state index contributed by atoms with van der Waals surface area (Å²) in [6, 6.07) is 3.42. The number of nitrogens with zero attached hydrogens (tertiary/aromatic N) is 2. The molecule has 0 aromatic carbocycles. The Kier molecular flexibility index (Phi) is 4.43. The minimum Gasteiger partial charge on any atom is -0.387 e. The summed E-state index contributed by atoms with van der Waals surface area (Å²) in [7, 11) is 0. The van der Waals surface area contributed by atoms with Crippen LogP contribution in [0.2, 0.25) is 0 Å². The maximum Gasteiger partial charge on any atom is 0.255 e. The molecule has 1 heterocycles. The van der Waals surface area contributed by atoms with Crippen molar-refractivity contribution in [1.82, 2.24) is 9.88 Å². The first kappa shape index (κ1) is 12.6. The second-order valence-corrected chi connectivity index (χ2v) is 3.59. The van der Waals surface area contributed by atoms with Crippen LogP contribution in [0.5, 0.6) is 0 Å². The van der Waals surface area contributed by atoms with Gasteiger partial charge < -0.3 is 10.0 Å². The molecule has 16 heavy (non-hydrogen) atoms. The SMILES string of the molecule is CCN(CC)C(=O)c1cccnc1C(C)O. The standard InChI is InChI=1S/C12H18N2O2/c1-4-14(5-2)12(16)10-7-6-8-13-11(10)9(3)15/h6-9,15H,4-5H2,1-3H3. The van der Waals surface area contributed by atoms with Crippen LogP contribution in [0, 0.1) is 0 Å². The third kappa shape index (κ3) is 2.58. The first-order chi connectivity index (χ1) is 7.61. The van der Waals surface area contributed by atoms with E-state index >= 15 is 0 Å². The molecule has 1 atom stereocenters. The van der Waals surface area contributed by atoms with Gasteiger partial charge in [0.1, 0.15) is 0 Å². The Bertz CT molecular complexity index is 360. The Balaban J connectivity index is 3.07. The Morgan fingerprint density at radius 2 is 2.12 bits per heavy atom. The average molecular weight is 222 g/mol. The summed E-state index contributed by atoms with van der Waals surface area (Å²) >= 11 is 0. The summed E-state index contributed by atoms with van der Waals surface area (Å²) in [5.41, 5.74) is 0.931. The largest absolute Gasteiger partial charge is 0.387 e. The van der Waals surface area contributed by atoms with Crippen LogP contribution in [0.4, 0.5) is 0 Å². The predicted octanol–water partition coefficient (Wildman–Crippen LogP) is 1.62. The van der Waals surface area contributed by atoms with Gasteiger partial charge >= 0.3 is 0 Å². The van der Waals surface area contributed by atoms with Crippen molar-refractivity contribution in [2.75, 3.05) is 13.1 Å². The number of amides is 1. The number of rotatable bonds is 4. The van der Waals surface area contributed by atoms with Gasteiger partial charge in [-0.15, -0.1) is 0 Å². The van der Waals surface area contributed by atoms with Gasteiger partial charge in [0.2, 0.25) is 0 Å². The molecule has 1 aromatic rings. The summed E-state index contributed by atoms with van der Waals surface area (Å²) in [5, 5.41) is 9.55. The van der Waals surface area contributed by atoms with Crippen LogP contribution < -0.4 is 0 Å². The van der Waals surface area contributed by atoms with E-state index in [-0.39, 0.29) is 5.91 Å². The lowest BCUT2D eigenvalue weighted by molar-refractivity contribution is 0.0765. The fourth-order valence-corrected chi connectivity index (χ4v) is 1.61. The van der Waals surface area contributed by atoms with E-state index in [0.29, 0.717) is 24.3 Å². The monoisotopic (exact) mass is 222 g/mol. The molecule has 4 heteroatoms. The second-order valence-electron chi connectivity index (χ2n) is 3.59. The van der Waals surface area contributed by atoms with Gasteiger partial charge in [0.25, 0.3) is 5.91 Å². The first-order valence-electron chi connectivity index (χ1n) is 5.54. The molecule has 0 bridgehead atoms. The van der Waals surface area contributed by atoms with Crippen LogP contribution in [0.3, 0.4) is 0 Å². The van der Waals surface area contributed by atoms with Crippen molar-refractivity contribution in [3.63, 3.8) is 0 Å². The summed E-state index contributed by atoms with van der Waals surface area (Å²) < 4.78 is 0. The van der Waals surface area contributed by atoms with Crippen molar-refractivity contribution < 1.29 is 9.90 Å². The molecule has 0 saturated carbocycles. The van der Waals surface area contributed by atoms with E-state index in [2.05, 4.69) is 4.98 Å². The second kappa shape index (κ2) is 5.61. The molecule has 0 aliphatic heterocycles. The molecule has 0 radical (unpaired) electrons. The molecule has 1 amide bonds. The lowest BCUT2D eigenvalue weighted by Gasteiger charge is -2.20. The zero-order valence-electron chi connectivity index (χ0n) is 9.97. The van der Waals surface area contributed by atoms with Crippen molar-refractivity contribution in [3.8, 4) is 0 Å². The normalized spacial score (nSPS) is 12.2. The van der Waals surface area contributed by atoms with Crippen molar-refractivity contribution in [2.24, 2.45) is 0 Å². The van der Waals surface area contributed by atoms with E-state index in [4.69, 9.17) is 0 Å². The molecular formula is C12H18N2O2. The maximum atomic E-state index is 12.1. The van der Waals surface area contributed by atoms with E-state index in [1.54, 1.807) is 30.2 Å². The van der Waals surface area contributed by atoms with Crippen LogP contribution in [-0.2, 0) is 0 Å². The van der Waals surface area contributed by atoms with Crippen LogP contribution >= 0.6 is 0 Å². The van der Waals surface area contributed by atoms with Crippen molar-refractivity contribution in [3.05, 3.63) is 29.6 Å². The Morgan fingerprint density at radius 3 is 2.62 bits per heavy atom. The first-order valence-corrected chi connectivity index (χ1v) is 5.54. The Hall–Kier alpha value is -1.42. The van der Waals surface area contributed by atoms with Gasteiger partial charge in [0.05, 0.1) is 17.4 Å². The van der Waals surface area contributed by atoms with Crippen molar-refractivity contribution in [1.29, 1.82) is 0 Å². The molecule has 1 aromatic heterocycles. The molecule has 0 aliphatic rings. The van der Waals surface area contributed by atoms with Gasteiger partial charge in [-0.25, -0.2) is 0 Å². The summed E-state index contributed by atoms with van der Waals surface area (Å²) in [6.45, 7) is 6.79. The van der Waals surface area contributed by atoms with Gasteiger partial charge in [-0.1, -0.05) is 0 Å². The van der Waals surface area contributed by atoms with Gasteiger partial charge in [0.15, 0.2) is 0 Å². The van der Waals surface area contributed by atoms with E-state index in [1.165, 1.54) is 0 Å². The van der Waals surface area contributed by atoms with E-state index in [9.17, 15) is 9.90 Å². The smallest absolute Gasteiger partial charge is 0.255 e. The number of pyridine rings is 1. The lowest BCUT2D eigenvalue weighted by Crippen LogP contribution is -2.31. The summed E-state index contributed by atoms with van der Waals surface area (Å²) in [4.78, 5) is 17.9. The van der Waals surface area contributed by atoms with Gasteiger partial charge in [0, 0.05) is 19.3 Å². The zero-order chi connectivity index (χ0) is 12.1.